The Morgan fingerprint density at radius 2 is 2.06 bits per heavy atom. The van der Waals surface area contributed by atoms with Crippen molar-refractivity contribution in [1.29, 1.82) is 0 Å². The minimum atomic E-state index is 0.352. The number of hydrogen-bond donors (Lipinski definition) is 2. The maximum absolute atomic E-state index is 3.50. The van der Waals surface area contributed by atoms with Crippen molar-refractivity contribution in [3.05, 3.63) is 36.0 Å². The Hall–Kier alpha value is -1.28. The molecule has 0 amide bonds. The fourth-order valence-electron chi connectivity index (χ4n) is 2.85. The molecule has 1 aliphatic heterocycles. The quantitative estimate of drug-likeness (QED) is 0.750. The van der Waals surface area contributed by atoms with Crippen LogP contribution in [0, 0.1) is 5.41 Å². The van der Waals surface area contributed by atoms with Gasteiger partial charge in [0.05, 0.1) is 0 Å². The highest BCUT2D eigenvalue weighted by Gasteiger charge is 2.36. The number of nitrogens with one attached hydrogen (secondary N) is 2. The van der Waals surface area contributed by atoms with E-state index in [4.69, 9.17) is 0 Å². The van der Waals surface area contributed by atoms with Gasteiger partial charge in [-0.15, -0.1) is 0 Å². The molecule has 2 nitrogen and oxygen atoms in total. The molecule has 0 unspecified atom stereocenters. The lowest BCUT2D eigenvalue weighted by Crippen LogP contribution is -2.20. The van der Waals surface area contributed by atoms with Gasteiger partial charge in [-0.2, -0.15) is 0 Å². The van der Waals surface area contributed by atoms with Gasteiger partial charge in [-0.3, -0.25) is 0 Å². The molecule has 0 spiro atoms. The van der Waals surface area contributed by atoms with Crippen molar-refractivity contribution in [2.24, 2.45) is 5.41 Å². The number of H-pyrrole nitrogens is 1. The Morgan fingerprint density at radius 3 is 2.81 bits per heavy atom. The van der Waals surface area contributed by atoms with Crippen LogP contribution in [0.15, 0.2) is 30.5 Å². The van der Waals surface area contributed by atoms with Crippen molar-refractivity contribution in [2.75, 3.05) is 13.1 Å². The van der Waals surface area contributed by atoms with E-state index in [1.807, 2.05) is 0 Å². The zero-order chi connectivity index (χ0) is 11.2. The van der Waals surface area contributed by atoms with Crippen LogP contribution in [-0.4, -0.2) is 18.1 Å². The summed E-state index contributed by atoms with van der Waals surface area (Å²) in [4.78, 5) is 3.38. The second kappa shape index (κ2) is 3.36. The van der Waals surface area contributed by atoms with Crippen LogP contribution < -0.4 is 5.32 Å². The number of aromatic nitrogens is 1. The molecule has 0 saturated carbocycles. The standard InChI is InChI=1S/C14H18N2/c1-14(2)9-15-8-12(14)11-7-16-13-6-4-3-5-10(11)13/h3-7,12,15-16H,8-9H2,1-2H3/t12-/m0/s1. The van der Waals surface area contributed by atoms with Crippen molar-refractivity contribution >= 4 is 10.9 Å². The highest BCUT2D eigenvalue weighted by molar-refractivity contribution is 5.83. The first-order chi connectivity index (χ1) is 7.68. The third-order valence-electron chi connectivity index (χ3n) is 3.87. The number of hydrogen-bond acceptors (Lipinski definition) is 1. The largest absolute Gasteiger partial charge is 0.361 e. The topological polar surface area (TPSA) is 27.8 Å². The van der Waals surface area contributed by atoms with Crippen LogP contribution >= 0.6 is 0 Å². The maximum Gasteiger partial charge on any atom is 0.0456 e. The van der Waals surface area contributed by atoms with E-state index in [1.54, 1.807) is 0 Å². The van der Waals surface area contributed by atoms with E-state index in [0.29, 0.717) is 11.3 Å². The predicted octanol–water partition coefficient (Wildman–Crippen LogP) is 2.88. The molecule has 1 aromatic heterocycles. The molecule has 2 heteroatoms. The molecule has 1 saturated heterocycles. The van der Waals surface area contributed by atoms with Crippen LogP contribution in [0.1, 0.15) is 25.3 Å². The minimum absolute atomic E-state index is 0.352. The van der Waals surface area contributed by atoms with Gasteiger partial charge < -0.3 is 10.3 Å². The first kappa shape index (κ1) is 9.91. The zero-order valence-corrected chi connectivity index (χ0v) is 9.88. The van der Waals surface area contributed by atoms with E-state index in [1.165, 1.54) is 16.5 Å². The van der Waals surface area contributed by atoms with E-state index >= 15 is 0 Å². The van der Waals surface area contributed by atoms with Gasteiger partial charge in [-0.1, -0.05) is 32.0 Å². The number of para-hydroxylation sites is 1. The van der Waals surface area contributed by atoms with Crippen LogP contribution in [0.5, 0.6) is 0 Å². The van der Waals surface area contributed by atoms with Crippen LogP contribution in [0.2, 0.25) is 0 Å². The molecule has 2 N–H and O–H groups in total. The van der Waals surface area contributed by atoms with Crippen LogP contribution in [-0.2, 0) is 0 Å². The van der Waals surface area contributed by atoms with Crippen molar-refractivity contribution in [3.63, 3.8) is 0 Å². The SMILES string of the molecule is CC1(C)CNC[C@H]1c1c[nH]c2ccccc12. The van der Waals surface area contributed by atoms with Crippen LogP contribution in [0.4, 0.5) is 0 Å². The normalized spacial score (nSPS) is 24.0. The molecular formula is C14H18N2. The van der Waals surface area contributed by atoms with Gasteiger partial charge >= 0.3 is 0 Å². The van der Waals surface area contributed by atoms with Crippen molar-refractivity contribution < 1.29 is 0 Å². The molecule has 2 heterocycles. The molecule has 0 radical (unpaired) electrons. The van der Waals surface area contributed by atoms with Crippen molar-refractivity contribution in [1.82, 2.24) is 10.3 Å². The van der Waals surface area contributed by atoms with Gasteiger partial charge in [-0.05, 0) is 17.0 Å². The van der Waals surface area contributed by atoms with Crippen LogP contribution in [0.3, 0.4) is 0 Å². The molecule has 0 bridgehead atoms. The molecular weight excluding hydrogens is 196 g/mol. The molecule has 16 heavy (non-hydrogen) atoms. The molecule has 3 rings (SSSR count). The van der Waals surface area contributed by atoms with Gasteiger partial charge in [-0.25, -0.2) is 0 Å². The lowest BCUT2D eigenvalue weighted by molar-refractivity contribution is 0.364. The Morgan fingerprint density at radius 1 is 1.25 bits per heavy atom. The van der Waals surface area contributed by atoms with Gasteiger partial charge in [0.25, 0.3) is 0 Å². The van der Waals surface area contributed by atoms with Gasteiger partial charge in [0.15, 0.2) is 0 Å². The zero-order valence-electron chi connectivity index (χ0n) is 9.88. The third-order valence-corrected chi connectivity index (χ3v) is 3.87. The van der Waals surface area contributed by atoms with Gasteiger partial charge in [0, 0.05) is 36.1 Å². The van der Waals surface area contributed by atoms with Gasteiger partial charge in [0.2, 0.25) is 0 Å². The van der Waals surface area contributed by atoms with E-state index in [0.717, 1.165) is 13.1 Å². The molecule has 1 atom stereocenters. The summed E-state index contributed by atoms with van der Waals surface area (Å²) >= 11 is 0. The predicted molar refractivity (Wildman–Crippen MR) is 67.7 cm³/mol. The first-order valence-corrected chi connectivity index (χ1v) is 5.95. The number of benzene rings is 1. The average molecular weight is 214 g/mol. The third kappa shape index (κ3) is 1.37. The summed E-state index contributed by atoms with van der Waals surface area (Å²) in [5, 5.41) is 4.88. The average Bonchev–Trinajstić information content (AvgIpc) is 2.81. The van der Waals surface area contributed by atoms with E-state index < -0.39 is 0 Å². The Kier molecular flexibility index (Phi) is 2.08. The minimum Gasteiger partial charge on any atom is -0.361 e. The molecule has 1 aromatic carbocycles. The monoisotopic (exact) mass is 214 g/mol. The Bertz CT molecular complexity index is 510. The molecule has 1 aliphatic rings. The molecule has 84 valence electrons. The summed E-state index contributed by atoms with van der Waals surface area (Å²) in [7, 11) is 0. The summed E-state index contributed by atoms with van der Waals surface area (Å²) in [6.07, 6.45) is 2.18. The lowest BCUT2D eigenvalue weighted by atomic mass is 9.78. The lowest BCUT2D eigenvalue weighted by Gasteiger charge is -2.25. The van der Waals surface area contributed by atoms with Crippen molar-refractivity contribution in [2.45, 2.75) is 19.8 Å². The maximum atomic E-state index is 3.50. The molecule has 0 aliphatic carbocycles. The summed E-state index contributed by atoms with van der Waals surface area (Å²) in [6.45, 7) is 6.89. The molecule has 2 aromatic rings. The second-order valence-electron chi connectivity index (χ2n) is 5.46. The summed E-state index contributed by atoms with van der Waals surface area (Å²) < 4.78 is 0. The smallest absolute Gasteiger partial charge is 0.0456 e. The first-order valence-electron chi connectivity index (χ1n) is 5.95. The highest BCUT2D eigenvalue weighted by Crippen LogP contribution is 2.40. The summed E-state index contributed by atoms with van der Waals surface area (Å²) in [5.41, 5.74) is 3.07. The number of rotatable bonds is 1. The van der Waals surface area contributed by atoms with E-state index in [-0.39, 0.29) is 0 Å². The number of aromatic amines is 1. The van der Waals surface area contributed by atoms with E-state index in [2.05, 4.69) is 54.6 Å². The van der Waals surface area contributed by atoms with Crippen LogP contribution in [0.25, 0.3) is 10.9 Å². The summed E-state index contributed by atoms with van der Waals surface area (Å²) in [6, 6.07) is 8.57. The highest BCUT2D eigenvalue weighted by atomic mass is 14.9. The molecule has 1 fully saturated rings. The Balaban J connectivity index is 2.12. The second-order valence-corrected chi connectivity index (χ2v) is 5.46. The summed E-state index contributed by atoms with van der Waals surface area (Å²) in [5.74, 6) is 0.614. The number of fused-ring (bicyclic) bond motifs is 1. The fraction of sp³-hybridized carbons (Fsp3) is 0.429. The van der Waals surface area contributed by atoms with Crippen molar-refractivity contribution in [3.8, 4) is 0 Å². The van der Waals surface area contributed by atoms with E-state index in [9.17, 15) is 0 Å². The van der Waals surface area contributed by atoms with Gasteiger partial charge in [0.1, 0.15) is 0 Å². The fourth-order valence-corrected chi connectivity index (χ4v) is 2.85. The Labute approximate surface area is 96.1 Å².